The Bertz CT molecular complexity index is 168. The van der Waals surface area contributed by atoms with Crippen molar-refractivity contribution in [2.24, 2.45) is 5.73 Å². The van der Waals surface area contributed by atoms with Crippen LogP contribution in [0.2, 0.25) is 0 Å². The molecule has 0 aliphatic carbocycles. The van der Waals surface area contributed by atoms with Gasteiger partial charge in [0.15, 0.2) is 0 Å². The molecular formula is C9H18N2. The molecule has 0 aromatic rings. The van der Waals surface area contributed by atoms with Crippen molar-refractivity contribution in [3.63, 3.8) is 0 Å². The van der Waals surface area contributed by atoms with Crippen molar-refractivity contribution in [3.05, 3.63) is 11.1 Å². The smallest absolute Gasteiger partial charge is 0.118 e. The molecule has 3 N–H and O–H groups in total. The molecule has 0 heterocycles. The Balaban J connectivity index is 4.40. The molecule has 0 radical (unpaired) electrons. The molecule has 0 rings (SSSR count). The molecule has 0 saturated carbocycles. The third-order valence-electron chi connectivity index (χ3n) is 1.82. The first-order valence-electron chi connectivity index (χ1n) is 4.16. The summed E-state index contributed by atoms with van der Waals surface area (Å²) < 4.78 is 0. The first-order valence-corrected chi connectivity index (χ1v) is 4.16. The molecule has 0 bridgehead atoms. The van der Waals surface area contributed by atoms with Crippen LogP contribution in [0.1, 0.15) is 40.0 Å². The summed E-state index contributed by atoms with van der Waals surface area (Å²) in [5.74, 6) is 0.235. The fourth-order valence-corrected chi connectivity index (χ4v) is 1.25. The lowest BCUT2D eigenvalue weighted by molar-refractivity contribution is 0.886. The minimum atomic E-state index is 0.235. The van der Waals surface area contributed by atoms with Gasteiger partial charge in [-0.15, -0.1) is 0 Å². The van der Waals surface area contributed by atoms with Crippen LogP contribution in [0, 0.1) is 5.41 Å². The zero-order chi connectivity index (χ0) is 8.85. The van der Waals surface area contributed by atoms with E-state index < -0.39 is 0 Å². The summed E-state index contributed by atoms with van der Waals surface area (Å²) in [4.78, 5) is 0. The Morgan fingerprint density at radius 2 is 1.91 bits per heavy atom. The highest BCUT2D eigenvalue weighted by atomic mass is 14.7. The van der Waals surface area contributed by atoms with Crippen LogP contribution in [-0.4, -0.2) is 5.84 Å². The minimum absolute atomic E-state index is 0.235. The first-order chi connectivity index (χ1) is 5.13. The lowest BCUT2D eigenvalue weighted by Crippen LogP contribution is -2.13. The van der Waals surface area contributed by atoms with Crippen LogP contribution in [0.5, 0.6) is 0 Å². The van der Waals surface area contributed by atoms with Crippen LogP contribution in [-0.2, 0) is 0 Å². The van der Waals surface area contributed by atoms with Crippen LogP contribution < -0.4 is 5.73 Å². The quantitative estimate of drug-likeness (QED) is 0.474. The van der Waals surface area contributed by atoms with E-state index in [4.69, 9.17) is 11.1 Å². The van der Waals surface area contributed by atoms with Gasteiger partial charge < -0.3 is 5.73 Å². The molecule has 0 aromatic heterocycles. The second kappa shape index (κ2) is 4.94. The molecule has 2 heteroatoms. The molecular weight excluding hydrogens is 136 g/mol. The molecule has 0 saturated heterocycles. The fourth-order valence-electron chi connectivity index (χ4n) is 1.25. The lowest BCUT2D eigenvalue weighted by atomic mass is 10.0. The van der Waals surface area contributed by atoms with E-state index in [1.165, 1.54) is 5.57 Å². The average molecular weight is 154 g/mol. The van der Waals surface area contributed by atoms with Crippen LogP contribution in [0.25, 0.3) is 0 Å². The van der Waals surface area contributed by atoms with E-state index in [0.717, 1.165) is 24.8 Å². The third-order valence-corrected chi connectivity index (χ3v) is 1.82. The Labute approximate surface area is 69.0 Å². The maximum absolute atomic E-state index is 7.28. The maximum atomic E-state index is 7.28. The van der Waals surface area contributed by atoms with E-state index >= 15 is 0 Å². The zero-order valence-electron chi connectivity index (χ0n) is 7.70. The third kappa shape index (κ3) is 3.21. The van der Waals surface area contributed by atoms with Crippen molar-refractivity contribution in [2.45, 2.75) is 40.0 Å². The number of hydrogen-bond donors (Lipinski definition) is 2. The molecule has 64 valence electrons. The summed E-state index contributed by atoms with van der Waals surface area (Å²) in [7, 11) is 0. The van der Waals surface area contributed by atoms with E-state index in [1.807, 2.05) is 6.92 Å². The first kappa shape index (κ1) is 10.2. The number of amidine groups is 1. The van der Waals surface area contributed by atoms with E-state index in [0.29, 0.717) is 0 Å². The van der Waals surface area contributed by atoms with Gasteiger partial charge in [-0.2, -0.15) is 0 Å². The predicted octanol–water partition coefficient (Wildman–Crippen LogP) is 2.45. The number of rotatable bonds is 4. The average Bonchev–Trinajstić information content (AvgIpc) is 1.88. The van der Waals surface area contributed by atoms with Crippen molar-refractivity contribution in [3.8, 4) is 0 Å². The van der Waals surface area contributed by atoms with Gasteiger partial charge in [-0.3, -0.25) is 5.41 Å². The number of allylic oxidation sites excluding steroid dienone is 1. The molecule has 0 amide bonds. The number of hydrogen-bond acceptors (Lipinski definition) is 1. The Morgan fingerprint density at radius 1 is 1.36 bits per heavy atom. The van der Waals surface area contributed by atoms with Gasteiger partial charge in [-0.05, 0) is 25.3 Å². The van der Waals surface area contributed by atoms with Gasteiger partial charge in [-0.25, -0.2) is 0 Å². The van der Waals surface area contributed by atoms with Crippen LogP contribution in [0.15, 0.2) is 11.1 Å². The molecule has 0 fully saturated rings. The maximum Gasteiger partial charge on any atom is 0.118 e. The molecule has 0 spiro atoms. The summed E-state index contributed by atoms with van der Waals surface area (Å²) in [6, 6.07) is 0. The van der Waals surface area contributed by atoms with Crippen molar-refractivity contribution >= 4 is 5.84 Å². The summed E-state index contributed by atoms with van der Waals surface area (Å²) in [5.41, 5.74) is 7.69. The number of nitrogens with one attached hydrogen (secondary N) is 1. The van der Waals surface area contributed by atoms with Gasteiger partial charge in [0.2, 0.25) is 0 Å². The SMILES string of the molecule is CCC/C(C)=C(\CC)C(=N)N. The molecule has 0 aromatic carbocycles. The normalized spacial score (nSPS) is 12.6. The largest absolute Gasteiger partial charge is 0.384 e. The minimum Gasteiger partial charge on any atom is -0.384 e. The van der Waals surface area contributed by atoms with E-state index in [2.05, 4.69) is 13.8 Å². The molecule has 0 atom stereocenters. The fraction of sp³-hybridized carbons (Fsp3) is 0.667. The summed E-state index contributed by atoms with van der Waals surface area (Å²) in [6.45, 7) is 6.23. The lowest BCUT2D eigenvalue weighted by Gasteiger charge is -2.06. The zero-order valence-corrected chi connectivity index (χ0v) is 7.70. The topological polar surface area (TPSA) is 49.9 Å². The van der Waals surface area contributed by atoms with Crippen molar-refractivity contribution in [1.29, 1.82) is 5.41 Å². The van der Waals surface area contributed by atoms with Crippen LogP contribution in [0.4, 0.5) is 0 Å². The Hall–Kier alpha value is -0.790. The standard InChI is InChI=1S/C9H18N2/c1-4-6-7(3)8(5-2)9(10)11/h4-6H2,1-3H3,(H3,10,11)/b8-7+. The van der Waals surface area contributed by atoms with E-state index in [9.17, 15) is 0 Å². The summed E-state index contributed by atoms with van der Waals surface area (Å²) in [6.07, 6.45) is 3.06. The van der Waals surface area contributed by atoms with Gasteiger partial charge in [0.1, 0.15) is 5.84 Å². The molecule has 11 heavy (non-hydrogen) atoms. The molecule has 0 unspecified atom stereocenters. The molecule has 0 aliphatic heterocycles. The van der Waals surface area contributed by atoms with Crippen LogP contribution >= 0.6 is 0 Å². The van der Waals surface area contributed by atoms with E-state index in [1.54, 1.807) is 0 Å². The van der Waals surface area contributed by atoms with E-state index in [-0.39, 0.29) is 5.84 Å². The van der Waals surface area contributed by atoms with Gasteiger partial charge in [0, 0.05) is 0 Å². The van der Waals surface area contributed by atoms with Gasteiger partial charge in [0.05, 0.1) is 0 Å². The highest BCUT2D eigenvalue weighted by molar-refractivity contribution is 5.94. The number of nitrogens with two attached hydrogens (primary N) is 1. The highest BCUT2D eigenvalue weighted by Gasteiger charge is 2.01. The van der Waals surface area contributed by atoms with Crippen LogP contribution in [0.3, 0.4) is 0 Å². The predicted molar refractivity (Wildman–Crippen MR) is 49.8 cm³/mol. The molecule has 0 aliphatic rings. The van der Waals surface area contributed by atoms with Crippen molar-refractivity contribution in [2.75, 3.05) is 0 Å². The summed E-state index contributed by atoms with van der Waals surface area (Å²) in [5, 5.41) is 7.28. The highest BCUT2D eigenvalue weighted by Crippen LogP contribution is 2.12. The van der Waals surface area contributed by atoms with Gasteiger partial charge in [-0.1, -0.05) is 25.8 Å². The second-order valence-electron chi connectivity index (χ2n) is 2.78. The second-order valence-corrected chi connectivity index (χ2v) is 2.78. The van der Waals surface area contributed by atoms with Gasteiger partial charge in [0.25, 0.3) is 0 Å². The van der Waals surface area contributed by atoms with Crippen molar-refractivity contribution in [1.82, 2.24) is 0 Å². The van der Waals surface area contributed by atoms with Crippen molar-refractivity contribution < 1.29 is 0 Å². The Morgan fingerprint density at radius 3 is 2.18 bits per heavy atom. The Kier molecular flexibility index (Phi) is 4.59. The molecule has 2 nitrogen and oxygen atoms in total. The monoisotopic (exact) mass is 154 g/mol. The van der Waals surface area contributed by atoms with Gasteiger partial charge >= 0.3 is 0 Å². The summed E-state index contributed by atoms with van der Waals surface area (Å²) >= 11 is 0.